The zero-order valence-corrected chi connectivity index (χ0v) is 22.2. The maximum atomic E-state index is 14.2. The first-order chi connectivity index (χ1) is 20.3. The average Bonchev–Trinajstić information content (AvgIpc) is 3.69. The van der Waals surface area contributed by atoms with Crippen molar-refractivity contribution in [1.82, 2.24) is 9.47 Å². The van der Waals surface area contributed by atoms with E-state index < -0.39 is 65.3 Å². The highest BCUT2D eigenvalue weighted by molar-refractivity contribution is 6.03. The fourth-order valence-corrected chi connectivity index (χ4v) is 5.44. The van der Waals surface area contributed by atoms with E-state index in [1.807, 2.05) is 4.57 Å². The highest BCUT2D eigenvalue weighted by atomic mass is 19.4. The van der Waals surface area contributed by atoms with Crippen LogP contribution in [0.15, 0.2) is 85.1 Å². The van der Waals surface area contributed by atoms with Crippen molar-refractivity contribution in [2.24, 2.45) is 0 Å². The van der Waals surface area contributed by atoms with E-state index in [9.17, 15) is 40.3 Å². The number of benzene rings is 3. The monoisotopic (exact) mass is 601 g/mol. The minimum atomic E-state index is -5.13. The number of hydrogen-bond donors (Lipinski definition) is 0. The molecule has 2 aliphatic rings. The summed E-state index contributed by atoms with van der Waals surface area (Å²) >= 11 is 0. The molecule has 1 fully saturated rings. The number of nitrogens with zero attached hydrogens (tertiary/aromatic N) is 3. The minimum absolute atomic E-state index is 0.0452. The van der Waals surface area contributed by atoms with Crippen LogP contribution >= 0.6 is 0 Å². The van der Waals surface area contributed by atoms with Crippen molar-refractivity contribution in [3.63, 3.8) is 0 Å². The first-order valence-corrected chi connectivity index (χ1v) is 13.3. The first-order valence-electron chi connectivity index (χ1n) is 13.3. The minimum Gasteiger partial charge on any atom is -0.326 e. The summed E-state index contributed by atoms with van der Waals surface area (Å²) in [6, 6.07) is 15.5. The molecule has 43 heavy (non-hydrogen) atoms. The number of alkyl halides is 6. The van der Waals surface area contributed by atoms with Crippen molar-refractivity contribution in [2.45, 2.75) is 37.3 Å². The van der Waals surface area contributed by atoms with E-state index in [2.05, 4.69) is 0 Å². The van der Waals surface area contributed by atoms with Crippen LogP contribution < -0.4 is 4.90 Å². The Balaban J connectivity index is 1.40. The van der Waals surface area contributed by atoms with Crippen LogP contribution in [0.3, 0.4) is 0 Å². The number of halogens is 7. The predicted octanol–water partition coefficient (Wildman–Crippen LogP) is 7.39. The lowest BCUT2D eigenvalue weighted by Gasteiger charge is -2.39. The van der Waals surface area contributed by atoms with Crippen LogP contribution in [-0.2, 0) is 17.1 Å². The van der Waals surface area contributed by atoms with Gasteiger partial charge < -0.3 is 9.47 Å². The Morgan fingerprint density at radius 2 is 1.40 bits per heavy atom. The normalized spacial score (nSPS) is 16.4. The van der Waals surface area contributed by atoms with Crippen LogP contribution in [0, 0.1) is 5.82 Å². The zero-order valence-electron chi connectivity index (χ0n) is 22.2. The van der Waals surface area contributed by atoms with Gasteiger partial charge in [-0.05, 0) is 73.0 Å². The molecule has 2 amide bonds. The number of fused-ring (bicyclic) bond motifs is 3. The summed E-state index contributed by atoms with van der Waals surface area (Å²) in [7, 11) is 0. The van der Waals surface area contributed by atoms with Crippen molar-refractivity contribution < 1.29 is 40.3 Å². The van der Waals surface area contributed by atoms with Gasteiger partial charge in [0.15, 0.2) is 0 Å². The third-order valence-electron chi connectivity index (χ3n) is 7.56. The number of amides is 2. The third-order valence-corrected chi connectivity index (χ3v) is 7.56. The summed E-state index contributed by atoms with van der Waals surface area (Å²) in [5.41, 5.74) is -1.72. The molecule has 1 aliphatic heterocycles. The third kappa shape index (κ3) is 5.37. The van der Waals surface area contributed by atoms with Crippen molar-refractivity contribution in [1.29, 1.82) is 0 Å². The Hall–Kier alpha value is -4.61. The molecule has 3 aromatic carbocycles. The molecular weight excluding hydrogens is 579 g/mol. The molecule has 1 aromatic heterocycles. The highest BCUT2D eigenvalue weighted by Gasteiger charge is 2.42. The number of rotatable bonds is 5. The maximum absolute atomic E-state index is 14.2. The highest BCUT2D eigenvalue weighted by Crippen LogP contribution is 2.43. The van der Waals surface area contributed by atoms with Crippen LogP contribution in [0.5, 0.6) is 0 Å². The van der Waals surface area contributed by atoms with E-state index in [0.717, 1.165) is 4.90 Å². The van der Waals surface area contributed by atoms with E-state index in [1.54, 1.807) is 42.6 Å². The first kappa shape index (κ1) is 28.5. The van der Waals surface area contributed by atoms with Crippen molar-refractivity contribution in [3.05, 3.63) is 119 Å². The second kappa shape index (κ2) is 10.3. The summed E-state index contributed by atoms with van der Waals surface area (Å²) in [5, 5.41) is 0. The van der Waals surface area contributed by atoms with Gasteiger partial charge in [0.05, 0.1) is 28.2 Å². The fraction of sp³-hybridized carbons (Fsp3) is 0.226. The molecule has 5 nitrogen and oxygen atoms in total. The molecule has 222 valence electrons. The molecule has 0 bridgehead atoms. The molecule has 0 saturated heterocycles. The van der Waals surface area contributed by atoms with Gasteiger partial charge in [-0.3, -0.25) is 14.5 Å². The van der Waals surface area contributed by atoms with Crippen LogP contribution in [0.1, 0.15) is 51.6 Å². The smallest absolute Gasteiger partial charge is 0.326 e. The number of hydrogen-bond acceptors (Lipinski definition) is 2. The maximum Gasteiger partial charge on any atom is 0.416 e. The number of aromatic nitrogens is 1. The zero-order chi connectivity index (χ0) is 30.7. The quantitative estimate of drug-likeness (QED) is 0.224. The van der Waals surface area contributed by atoms with E-state index in [0.29, 0.717) is 47.6 Å². The topological polar surface area (TPSA) is 45.6 Å². The van der Waals surface area contributed by atoms with Gasteiger partial charge >= 0.3 is 12.4 Å². The van der Waals surface area contributed by atoms with E-state index in [4.69, 9.17) is 0 Å². The molecule has 6 rings (SSSR count). The van der Waals surface area contributed by atoms with Gasteiger partial charge in [0.2, 0.25) is 5.91 Å². The molecule has 1 unspecified atom stereocenters. The molecule has 1 saturated carbocycles. The Labute approximate surface area is 240 Å². The Bertz CT molecular complexity index is 1670. The average molecular weight is 602 g/mol. The summed E-state index contributed by atoms with van der Waals surface area (Å²) in [4.78, 5) is 30.2. The Kier molecular flexibility index (Phi) is 6.82. The van der Waals surface area contributed by atoms with Crippen LogP contribution in [-0.4, -0.2) is 33.9 Å². The molecule has 0 spiro atoms. The van der Waals surface area contributed by atoms with E-state index in [-0.39, 0.29) is 6.07 Å². The van der Waals surface area contributed by atoms with E-state index in [1.165, 1.54) is 29.2 Å². The molecular formula is C31H22F7N3O2. The predicted molar refractivity (Wildman–Crippen MR) is 142 cm³/mol. The second-order valence-electron chi connectivity index (χ2n) is 10.5. The standard InChI is InChI=1S/C31H22F7N3O2/c32-22-9-7-18(8-10-22)28-26-6-3-13-39(26)24-4-1-2-5-25(24)41(28)27(42)17-40(23-11-12-23)29(43)19-14-20(30(33,34)35)16-21(15-19)31(36,37)38/h1-10,13-16,23,28H,11-12,17H2. The molecule has 1 aliphatic carbocycles. The van der Waals surface area contributed by atoms with Gasteiger partial charge in [-0.1, -0.05) is 24.3 Å². The molecule has 0 radical (unpaired) electrons. The largest absolute Gasteiger partial charge is 0.416 e. The lowest BCUT2D eigenvalue weighted by molar-refractivity contribution is -0.143. The summed E-state index contributed by atoms with van der Waals surface area (Å²) in [6.07, 6.45) is -7.59. The lowest BCUT2D eigenvalue weighted by atomic mass is 9.97. The van der Waals surface area contributed by atoms with Crippen molar-refractivity contribution in [3.8, 4) is 5.69 Å². The van der Waals surface area contributed by atoms with Gasteiger partial charge in [0.1, 0.15) is 18.4 Å². The summed E-state index contributed by atoms with van der Waals surface area (Å²) in [5.74, 6) is -2.21. The van der Waals surface area contributed by atoms with Crippen molar-refractivity contribution in [2.75, 3.05) is 11.4 Å². The van der Waals surface area contributed by atoms with Gasteiger partial charge in [-0.25, -0.2) is 4.39 Å². The second-order valence-corrected chi connectivity index (χ2v) is 10.5. The van der Waals surface area contributed by atoms with Gasteiger partial charge in [0.25, 0.3) is 5.91 Å². The number of carbonyl (C=O) groups is 2. The van der Waals surface area contributed by atoms with Crippen LogP contribution in [0.2, 0.25) is 0 Å². The van der Waals surface area contributed by atoms with Crippen molar-refractivity contribution >= 4 is 17.5 Å². The van der Waals surface area contributed by atoms with Gasteiger partial charge in [0, 0.05) is 17.8 Å². The summed E-state index contributed by atoms with van der Waals surface area (Å²) < 4.78 is 96.8. The summed E-state index contributed by atoms with van der Waals surface area (Å²) in [6.45, 7) is -0.603. The molecule has 1 atom stereocenters. The Morgan fingerprint density at radius 3 is 1.98 bits per heavy atom. The molecule has 4 aromatic rings. The lowest BCUT2D eigenvalue weighted by Crippen LogP contribution is -2.47. The molecule has 0 N–H and O–H groups in total. The van der Waals surface area contributed by atoms with E-state index >= 15 is 0 Å². The number of anilines is 1. The molecule has 2 heterocycles. The number of para-hydroxylation sites is 2. The van der Waals surface area contributed by atoms with Crippen LogP contribution in [0.4, 0.5) is 36.4 Å². The fourth-order valence-electron chi connectivity index (χ4n) is 5.44. The molecule has 12 heteroatoms. The van der Waals surface area contributed by atoms with Crippen LogP contribution in [0.25, 0.3) is 5.69 Å². The van der Waals surface area contributed by atoms with Gasteiger partial charge in [-0.15, -0.1) is 0 Å². The number of carbonyl (C=O) groups excluding carboxylic acids is 2. The van der Waals surface area contributed by atoms with Gasteiger partial charge in [-0.2, -0.15) is 26.3 Å². The SMILES string of the molecule is O=C(c1cc(C(F)(F)F)cc(C(F)(F)F)c1)N(CC(=O)N1c2ccccc2-n2cccc2C1c1ccc(F)cc1)C1CC1. The Morgan fingerprint density at radius 1 is 0.791 bits per heavy atom.